The van der Waals surface area contributed by atoms with E-state index in [1.54, 1.807) is 0 Å². The van der Waals surface area contributed by atoms with Crippen LogP contribution < -0.4 is 0 Å². The Bertz CT molecular complexity index is 482. The highest BCUT2D eigenvalue weighted by Gasteiger charge is 2.19. The van der Waals surface area contributed by atoms with Gasteiger partial charge in [-0.3, -0.25) is 4.79 Å². The number of halogens is 2. The molecule has 0 radical (unpaired) electrons. The SMILES string of the molecule is CC1=CCCN(C(=O)c2ccc(Br)cc2Br)C1. The minimum Gasteiger partial charge on any atom is -0.334 e. The molecule has 1 aliphatic rings. The summed E-state index contributed by atoms with van der Waals surface area (Å²) in [5, 5.41) is 0. The summed E-state index contributed by atoms with van der Waals surface area (Å²) < 4.78 is 1.81. The van der Waals surface area contributed by atoms with Crippen LogP contribution >= 0.6 is 31.9 Å². The second-order valence-corrected chi connectivity index (χ2v) is 5.96. The van der Waals surface area contributed by atoms with Gasteiger partial charge in [-0.1, -0.05) is 27.6 Å². The third-order valence-electron chi connectivity index (χ3n) is 2.78. The van der Waals surface area contributed by atoms with Gasteiger partial charge in [0, 0.05) is 22.0 Å². The van der Waals surface area contributed by atoms with Crippen LogP contribution in [0.15, 0.2) is 38.8 Å². The van der Waals surface area contributed by atoms with Crippen LogP contribution in [0.25, 0.3) is 0 Å². The van der Waals surface area contributed by atoms with E-state index in [0.29, 0.717) is 0 Å². The van der Waals surface area contributed by atoms with Crippen LogP contribution in [-0.2, 0) is 0 Å². The number of amides is 1. The van der Waals surface area contributed by atoms with Gasteiger partial charge in [0.2, 0.25) is 0 Å². The second kappa shape index (κ2) is 5.36. The minimum absolute atomic E-state index is 0.0943. The first-order valence-corrected chi connectivity index (χ1v) is 7.06. The first-order valence-electron chi connectivity index (χ1n) is 5.48. The highest BCUT2D eigenvalue weighted by Crippen LogP contribution is 2.24. The van der Waals surface area contributed by atoms with Crippen LogP contribution in [0, 0.1) is 0 Å². The molecule has 2 rings (SSSR count). The Balaban J connectivity index is 2.22. The molecule has 0 fully saturated rings. The van der Waals surface area contributed by atoms with Crippen LogP contribution in [0.4, 0.5) is 0 Å². The lowest BCUT2D eigenvalue weighted by atomic mass is 10.1. The summed E-state index contributed by atoms with van der Waals surface area (Å²) >= 11 is 6.82. The standard InChI is InChI=1S/C13H13Br2NO/c1-9-3-2-6-16(8-9)13(17)11-5-4-10(14)7-12(11)15/h3-5,7H,2,6,8H2,1H3. The van der Waals surface area contributed by atoms with Crippen LogP contribution in [-0.4, -0.2) is 23.9 Å². The van der Waals surface area contributed by atoms with Gasteiger partial charge in [-0.2, -0.15) is 0 Å². The molecule has 0 spiro atoms. The van der Waals surface area contributed by atoms with Crippen molar-refractivity contribution in [1.82, 2.24) is 4.90 Å². The molecule has 0 unspecified atom stereocenters. The van der Waals surface area contributed by atoms with Crippen molar-refractivity contribution >= 4 is 37.8 Å². The van der Waals surface area contributed by atoms with Crippen molar-refractivity contribution in [3.05, 3.63) is 44.4 Å². The molecule has 4 heteroatoms. The highest BCUT2D eigenvalue weighted by molar-refractivity contribution is 9.11. The van der Waals surface area contributed by atoms with Crippen LogP contribution in [0.1, 0.15) is 23.7 Å². The molecule has 1 aliphatic heterocycles. The van der Waals surface area contributed by atoms with Crippen LogP contribution in [0.2, 0.25) is 0 Å². The lowest BCUT2D eigenvalue weighted by molar-refractivity contribution is 0.0765. The number of carbonyl (C=O) groups is 1. The van der Waals surface area contributed by atoms with Gasteiger partial charge in [0.25, 0.3) is 5.91 Å². The van der Waals surface area contributed by atoms with Gasteiger partial charge >= 0.3 is 0 Å². The topological polar surface area (TPSA) is 20.3 Å². The molecule has 0 atom stereocenters. The van der Waals surface area contributed by atoms with Crippen molar-refractivity contribution in [3.8, 4) is 0 Å². The molecule has 0 bridgehead atoms. The van der Waals surface area contributed by atoms with Crippen molar-refractivity contribution in [2.24, 2.45) is 0 Å². The summed E-state index contributed by atoms with van der Waals surface area (Å²) in [7, 11) is 0. The Kier molecular flexibility index (Phi) is 4.05. The maximum absolute atomic E-state index is 12.3. The molecule has 90 valence electrons. The van der Waals surface area contributed by atoms with Gasteiger partial charge in [-0.25, -0.2) is 0 Å². The fourth-order valence-electron chi connectivity index (χ4n) is 1.92. The van der Waals surface area contributed by atoms with E-state index < -0.39 is 0 Å². The highest BCUT2D eigenvalue weighted by atomic mass is 79.9. The predicted molar refractivity (Wildman–Crippen MR) is 76.1 cm³/mol. The van der Waals surface area contributed by atoms with E-state index in [2.05, 4.69) is 44.9 Å². The molecule has 0 aliphatic carbocycles. The number of carbonyl (C=O) groups excluding carboxylic acids is 1. The molecule has 17 heavy (non-hydrogen) atoms. The van der Waals surface area contributed by atoms with E-state index in [1.807, 2.05) is 23.1 Å². The van der Waals surface area contributed by atoms with Gasteiger partial charge in [0.15, 0.2) is 0 Å². The van der Waals surface area contributed by atoms with Gasteiger partial charge in [0.05, 0.1) is 5.56 Å². The van der Waals surface area contributed by atoms with E-state index in [-0.39, 0.29) is 5.91 Å². The largest absolute Gasteiger partial charge is 0.334 e. The fourth-order valence-corrected chi connectivity index (χ4v) is 3.13. The number of hydrogen-bond donors (Lipinski definition) is 0. The summed E-state index contributed by atoms with van der Waals surface area (Å²) in [6.45, 7) is 3.61. The number of nitrogens with zero attached hydrogens (tertiary/aromatic N) is 1. The first kappa shape index (κ1) is 12.8. The number of rotatable bonds is 1. The molecule has 0 N–H and O–H groups in total. The molecule has 0 saturated carbocycles. The normalized spacial score (nSPS) is 15.7. The molecule has 1 heterocycles. The zero-order valence-corrected chi connectivity index (χ0v) is 12.7. The summed E-state index contributed by atoms with van der Waals surface area (Å²) in [5.41, 5.74) is 1.99. The molecule has 0 aromatic heterocycles. The lowest BCUT2D eigenvalue weighted by Crippen LogP contribution is -2.35. The van der Waals surface area contributed by atoms with Crippen molar-refractivity contribution in [1.29, 1.82) is 0 Å². The van der Waals surface area contributed by atoms with E-state index >= 15 is 0 Å². The summed E-state index contributed by atoms with van der Waals surface area (Å²) in [6, 6.07) is 5.65. The van der Waals surface area contributed by atoms with Crippen LogP contribution in [0.5, 0.6) is 0 Å². The fraction of sp³-hybridized carbons (Fsp3) is 0.308. The predicted octanol–water partition coefficient (Wildman–Crippen LogP) is 4.00. The molecule has 0 saturated heterocycles. The summed E-state index contributed by atoms with van der Waals surface area (Å²) in [4.78, 5) is 14.2. The third kappa shape index (κ3) is 2.99. The average molecular weight is 359 g/mol. The molecule has 1 aromatic rings. The first-order chi connectivity index (χ1) is 8.08. The second-order valence-electron chi connectivity index (χ2n) is 4.19. The Hall–Kier alpha value is -0.610. The van der Waals surface area contributed by atoms with Gasteiger partial charge in [-0.05, 0) is 47.5 Å². The summed E-state index contributed by atoms with van der Waals surface area (Å²) in [6.07, 6.45) is 3.14. The Morgan fingerprint density at radius 2 is 2.12 bits per heavy atom. The molecular weight excluding hydrogens is 346 g/mol. The Morgan fingerprint density at radius 1 is 1.35 bits per heavy atom. The molecule has 1 aromatic carbocycles. The molecule has 1 amide bonds. The lowest BCUT2D eigenvalue weighted by Gasteiger charge is -2.26. The van der Waals surface area contributed by atoms with Gasteiger partial charge in [0.1, 0.15) is 0 Å². The van der Waals surface area contributed by atoms with E-state index in [4.69, 9.17) is 0 Å². The van der Waals surface area contributed by atoms with Crippen LogP contribution in [0.3, 0.4) is 0 Å². The molecular formula is C13H13Br2NO. The zero-order chi connectivity index (χ0) is 12.4. The van der Waals surface area contributed by atoms with E-state index in [1.165, 1.54) is 5.57 Å². The Labute approximate surface area is 118 Å². The van der Waals surface area contributed by atoms with E-state index in [0.717, 1.165) is 34.0 Å². The number of hydrogen-bond acceptors (Lipinski definition) is 1. The molecule has 2 nitrogen and oxygen atoms in total. The maximum atomic E-state index is 12.3. The summed E-state index contributed by atoms with van der Waals surface area (Å²) in [5.74, 6) is 0.0943. The average Bonchev–Trinajstić information content (AvgIpc) is 2.28. The third-order valence-corrected chi connectivity index (χ3v) is 3.93. The van der Waals surface area contributed by atoms with Crippen molar-refractivity contribution in [2.45, 2.75) is 13.3 Å². The maximum Gasteiger partial charge on any atom is 0.255 e. The Morgan fingerprint density at radius 3 is 2.76 bits per heavy atom. The number of benzene rings is 1. The van der Waals surface area contributed by atoms with E-state index in [9.17, 15) is 4.79 Å². The quantitative estimate of drug-likeness (QED) is 0.694. The van der Waals surface area contributed by atoms with Crippen molar-refractivity contribution in [3.63, 3.8) is 0 Å². The smallest absolute Gasteiger partial charge is 0.255 e. The minimum atomic E-state index is 0.0943. The zero-order valence-electron chi connectivity index (χ0n) is 9.54. The van der Waals surface area contributed by atoms with Gasteiger partial charge < -0.3 is 4.90 Å². The van der Waals surface area contributed by atoms with Gasteiger partial charge in [-0.15, -0.1) is 0 Å². The van der Waals surface area contributed by atoms with Crippen molar-refractivity contribution < 1.29 is 4.79 Å². The monoisotopic (exact) mass is 357 g/mol. The van der Waals surface area contributed by atoms with Crippen molar-refractivity contribution in [2.75, 3.05) is 13.1 Å².